The van der Waals surface area contributed by atoms with Gasteiger partial charge in [-0.2, -0.15) is 18.4 Å². The van der Waals surface area contributed by atoms with E-state index in [1.807, 2.05) is 6.07 Å². The highest BCUT2D eigenvalue weighted by Crippen LogP contribution is 2.33. The van der Waals surface area contributed by atoms with Gasteiger partial charge in [-0.1, -0.05) is 6.07 Å². The first-order valence-corrected chi connectivity index (χ1v) is 16.0. The Hall–Kier alpha value is -3.77. The number of likely N-dealkylation sites (tertiary alicyclic amines) is 1. The minimum absolute atomic E-state index is 0.162. The lowest BCUT2D eigenvalue weighted by Crippen LogP contribution is -2.56. The molecule has 1 unspecified atom stereocenters. The van der Waals surface area contributed by atoms with Crippen LogP contribution < -0.4 is 16.4 Å². The maximum Gasteiger partial charge on any atom is 0.393 e. The lowest BCUT2D eigenvalue weighted by atomic mass is 10.0. The van der Waals surface area contributed by atoms with Gasteiger partial charge in [0.25, 0.3) is 0 Å². The molecular formula is C31H36F3N9OS. The minimum atomic E-state index is -4.26. The molecule has 0 saturated carbocycles. The summed E-state index contributed by atoms with van der Waals surface area (Å²) in [6.07, 6.45) is -2.06. The van der Waals surface area contributed by atoms with Crippen molar-refractivity contribution in [2.45, 2.75) is 57.5 Å². The number of fused-ring (bicyclic) bond motifs is 2. The third-order valence-electron chi connectivity index (χ3n) is 8.90. The second kappa shape index (κ2) is 12.9. The molecule has 4 aromatic rings. The maximum absolute atomic E-state index is 12.9. The fourth-order valence-corrected chi connectivity index (χ4v) is 7.47. The number of amides is 1. The summed E-state index contributed by atoms with van der Waals surface area (Å²) in [4.78, 5) is 25.6. The Bertz CT molecular complexity index is 1740. The largest absolute Gasteiger partial charge is 0.393 e. The van der Waals surface area contributed by atoms with Crippen LogP contribution in [-0.2, 0) is 24.3 Å². The summed E-state index contributed by atoms with van der Waals surface area (Å²) in [5, 5.41) is 18.2. The van der Waals surface area contributed by atoms with Crippen molar-refractivity contribution in [2.24, 2.45) is 5.73 Å². The molecule has 1 aromatic carbocycles. The van der Waals surface area contributed by atoms with Gasteiger partial charge in [-0.3, -0.25) is 14.6 Å². The Morgan fingerprint density at radius 2 is 1.96 bits per heavy atom. The van der Waals surface area contributed by atoms with Crippen LogP contribution in [0.5, 0.6) is 0 Å². The Morgan fingerprint density at radius 3 is 2.69 bits per heavy atom. The van der Waals surface area contributed by atoms with Gasteiger partial charge in [0, 0.05) is 74.2 Å². The van der Waals surface area contributed by atoms with Crippen LogP contribution >= 0.6 is 11.3 Å². The molecule has 45 heavy (non-hydrogen) atoms. The third kappa shape index (κ3) is 7.06. The predicted molar refractivity (Wildman–Crippen MR) is 168 cm³/mol. The number of primary amides is 1. The standard InChI is InChI=1S/C31H36F3N9OS/c1-19-20(2-3-27-24(19)12-22(15-35)43(27)11-10-42-9-6-37-26(17-42)28(36)44)16-41-7-4-21(5-8-41)40-29-25-13-23(14-31(32,33)34)45-30(25)39-18-38-29/h2-3,12-13,18,21,26,37H,4-11,14,16-17H2,1H3,(H2,36,44)(H,38,39,40). The van der Waals surface area contributed by atoms with Crippen molar-refractivity contribution in [3.63, 3.8) is 0 Å². The number of nitrogens with one attached hydrogen (secondary N) is 2. The number of anilines is 1. The number of carbonyl (C=O) groups is 1. The number of piperidine rings is 1. The molecule has 14 heteroatoms. The van der Waals surface area contributed by atoms with Crippen molar-refractivity contribution in [1.29, 1.82) is 5.26 Å². The van der Waals surface area contributed by atoms with E-state index < -0.39 is 12.6 Å². The van der Waals surface area contributed by atoms with Crippen molar-refractivity contribution in [3.8, 4) is 6.07 Å². The van der Waals surface area contributed by atoms with Crippen LogP contribution in [0.1, 0.15) is 34.5 Å². The molecule has 6 rings (SSSR count). The Labute approximate surface area is 263 Å². The topological polar surface area (TPSA) is 128 Å². The second-order valence-electron chi connectivity index (χ2n) is 11.9. The molecule has 1 atom stereocenters. The quantitative estimate of drug-likeness (QED) is 0.253. The average Bonchev–Trinajstić information content (AvgIpc) is 3.59. The summed E-state index contributed by atoms with van der Waals surface area (Å²) < 4.78 is 40.8. The first-order chi connectivity index (χ1) is 21.6. The first kappa shape index (κ1) is 31.2. The number of piperazine rings is 1. The van der Waals surface area contributed by atoms with E-state index in [9.17, 15) is 23.2 Å². The zero-order valence-electron chi connectivity index (χ0n) is 25.0. The van der Waals surface area contributed by atoms with E-state index in [4.69, 9.17) is 5.73 Å². The lowest BCUT2D eigenvalue weighted by molar-refractivity contribution is -0.126. The summed E-state index contributed by atoms with van der Waals surface area (Å²) in [7, 11) is 0. The molecule has 3 aromatic heterocycles. The van der Waals surface area contributed by atoms with Gasteiger partial charge in [0.2, 0.25) is 5.91 Å². The molecule has 0 bridgehead atoms. The number of aromatic nitrogens is 3. The number of aryl methyl sites for hydroxylation is 1. The molecule has 238 valence electrons. The molecular weight excluding hydrogens is 603 g/mol. The van der Waals surface area contributed by atoms with E-state index in [1.165, 1.54) is 11.9 Å². The van der Waals surface area contributed by atoms with Gasteiger partial charge in [-0.15, -0.1) is 11.3 Å². The van der Waals surface area contributed by atoms with Gasteiger partial charge in [-0.25, -0.2) is 9.97 Å². The Balaban J connectivity index is 1.08. The number of thiophene rings is 1. The summed E-state index contributed by atoms with van der Waals surface area (Å²) in [5.74, 6) is 0.242. The van der Waals surface area contributed by atoms with Crippen LogP contribution in [0, 0.1) is 18.3 Å². The number of alkyl halides is 3. The minimum Gasteiger partial charge on any atom is -0.368 e. The SMILES string of the molecule is Cc1c(CN2CCC(Nc3ncnc4sc(CC(F)(F)F)cc34)CC2)ccc2c1cc(C#N)n2CCN1CCNC(C(N)=O)C1. The Kier molecular flexibility index (Phi) is 8.96. The number of nitrogens with zero attached hydrogens (tertiary/aromatic N) is 6. The molecule has 1 amide bonds. The molecule has 2 saturated heterocycles. The number of hydrogen-bond donors (Lipinski definition) is 3. The van der Waals surface area contributed by atoms with E-state index in [2.05, 4.69) is 60.1 Å². The van der Waals surface area contributed by atoms with E-state index in [1.54, 1.807) is 6.07 Å². The van der Waals surface area contributed by atoms with Crippen LogP contribution in [0.3, 0.4) is 0 Å². The molecule has 0 aliphatic carbocycles. The smallest absolute Gasteiger partial charge is 0.368 e. The predicted octanol–water partition coefficient (Wildman–Crippen LogP) is 3.77. The van der Waals surface area contributed by atoms with E-state index in [0.717, 1.165) is 73.4 Å². The Morgan fingerprint density at radius 1 is 1.16 bits per heavy atom. The first-order valence-electron chi connectivity index (χ1n) is 15.1. The van der Waals surface area contributed by atoms with Gasteiger partial charge in [0.05, 0.1) is 17.8 Å². The number of benzene rings is 1. The van der Waals surface area contributed by atoms with Gasteiger partial charge < -0.3 is 20.9 Å². The van der Waals surface area contributed by atoms with Gasteiger partial charge in [0.15, 0.2) is 0 Å². The number of carbonyl (C=O) groups excluding carboxylic acids is 1. The highest BCUT2D eigenvalue weighted by Gasteiger charge is 2.29. The zero-order chi connectivity index (χ0) is 31.7. The second-order valence-corrected chi connectivity index (χ2v) is 13.0. The molecule has 4 N–H and O–H groups in total. The molecule has 0 radical (unpaired) electrons. The molecule has 2 aliphatic rings. The van der Waals surface area contributed by atoms with Crippen molar-refractivity contribution >= 4 is 44.2 Å². The monoisotopic (exact) mass is 639 g/mol. The fraction of sp³-hybridized carbons (Fsp3) is 0.484. The maximum atomic E-state index is 12.9. The van der Waals surface area contributed by atoms with Gasteiger partial charge in [-0.05, 0) is 49.1 Å². The molecule has 0 spiro atoms. The summed E-state index contributed by atoms with van der Waals surface area (Å²) in [6.45, 7) is 8.08. The number of rotatable bonds is 9. The summed E-state index contributed by atoms with van der Waals surface area (Å²) >= 11 is 1.06. The highest BCUT2D eigenvalue weighted by atomic mass is 32.1. The number of nitrogens with two attached hydrogens (primary N) is 1. The van der Waals surface area contributed by atoms with Crippen LogP contribution in [-0.4, -0.2) is 87.8 Å². The third-order valence-corrected chi connectivity index (χ3v) is 9.94. The van der Waals surface area contributed by atoms with Crippen LogP contribution in [0.15, 0.2) is 30.6 Å². The molecule has 10 nitrogen and oxygen atoms in total. The zero-order valence-corrected chi connectivity index (χ0v) is 25.8. The van der Waals surface area contributed by atoms with Crippen molar-refractivity contribution in [2.75, 3.05) is 44.6 Å². The van der Waals surface area contributed by atoms with Crippen LogP contribution in [0.4, 0.5) is 19.0 Å². The van der Waals surface area contributed by atoms with Crippen LogP contribution in [0.2, 0.25) is 0 Å². The van der Waals surface area contributed by atoms with Gasteiger partial charge in [0.1, 0.15) is 28.7 Å². The van der Waals surface area contributed by atoms with E-state index in [0.29, 0.717) is 41.4 Å². The highest BCUT2D eigenvalue weighted by molar-refractivity contribution is 7.18. The summed E-state index contributed by atoms with van der Waals surface area (Å²) in [5.41, 5.74) is 9.52. The number of nitriles is 1. The lowest BCUT2D eigenvalue weighted by Gasteiger charge is -2.33. The van der Waals surface area contributed by atoms with Crippen molar-refractivity contribution < 1.29 is 18.0 Å². The van der Waals surface area contributed by atoms with Crippen molar-refractivity contribution in [1.82, 2.24) is 29.7 Å². The fourth-order valence-electron chi connectivity index (χ4n) is 6.45. The van der Waals surface area contributed by atoms with E-state index in [-0.39, 0.29) is 22.9 Å². The summed E-state index contributed by atoms with van der Waals surface area (Å²) in [6, 6.07) is 9.95. The molecule has 2 aliphatic heterocycles. The molecule has 5 heterocycles. The van der Waals surface area contributed by atoms with E-state index >= 15 is 0 Å². The van der Waals surface area contributed by atoms with Gasteiger partial charge >= 0.3 is 6.18 Å². The number of hydrogen-bond acceptors (Lipinski definition) is 9. The average molecular weight is 640 g/mol. The molecule has 2 fully saturated rings. The number of halogens is 3. The van der Waals surface area contributed by atoms with Crippen LogP contribution in [0.25, 0.3) is 21.1 Å². The normalized spacial score (nSPS) is 18.9. The van der Waals surface area contributed by atoms with Crippen molar-refractivity contribution in [3.05, 3.63) is 52.3 Å².